The molecule has 0 bridgehead atoms. The number of carbonyl (C=O) groups excluding carboxylic acids is 2. The Hall–Kier alpha value is -2.08. The van der Waals surface area contributed by atoms with Crippen LogP contribution in [0.4, 0.5) is 5.69 Å². The van der Waals surface area contributed by atoms with Crippen molar-refractivity contribution >= 4 is 17.5 Å². The molecule has 0 radical (unpaired) electrons. The highest BCUT2D eigenvalue weighted by Gasteiger charge is 2.25. The van der Waals surface area contributed by atoms with Crippen LogP contribution in [0.15, 0.2) is 24.3 Å². The quantitative estimate of drug-likeness (QED) is 0.742. The van der Waals surface area contributed by atoms with Crippen LogP contribution in [0.1, 0.15) is 27.7 Å². The minimum Gasteiger partial charge on any atom is -0.492 e. The van der Waals surface area contributed by atoms with Crippen LogP contribution >= 0.6 is 0 Å². The Morgan fingerprint density at radius 2 is 1.82 bits per heavy atom. The molecule has 0 aliphatic carbocycles. The molecule has 4 N–H and O–H groups in total. The number of nitrogens with two attached hydrogens (primary N) is 1. The van der Waals surface area contributed by atoms with Crippen molar-refractivity contribution in [2.24, 2.45) is 11.1 Å². The van der Waals surface area contributed by atoms with Crippen molar-refractivity contribution < 1.29 is 14.3 Å². The zero-order chi connectivity index (χ0) is 16.8. The number of carbonyl (C=O) groups is 2. The Morgan fingerprint density at radius 3 is 2.32 bits per heavy atom. The van der Waals surface area contributed by atoms with E-state index < -0.39 is 11.5 Å². The van der Waals surface area contributed by atoms with Crippen LogP contribution in [0, 0.1) is 5.41 Å². The van der Waals surface area contributed by atoms with Gasteiger partial charge in [-0.2, -0.15) is 0 Å². The van der Waals surface area contributed by atoms with Crippen molar-refractivity contribution in [2.75, 3.05) is 18.5 Å². The summed E-state index contributed by atoms with van der Waals surface area (Å²) in [5, 5.41) is 5.44. The van der Waals surface area contributed by atoms with Crippen molar-refractivity contribution in [3.8, 4) is 5.75 Å². The molecule has 0 fully saturated rings. The van der Waals surface area contributed by atoms with Crippen molar-refractivity contribution in [2.45, 2.75) is 33.7 Å². The lowest BCUT2D eigenvalue weighted by Gasteiger charge is -2.21. The molecule has 6 heteroatoms. The summed E-state index contributed by atoms with van der Waals surface area (Å²) < 4.78 is 5.36. The lowest BCUT2D eigenvalue weighted by atomic mass is 9.95. The van der Waals surface area contributed by atoms with Crippen LogP contribution < -0.4 is 21.1 Å². The molecule has 0 aromatic heterocycles. The summed E-state index contributed by atoms with van der Waals surface area (Å²) in [4.78, 5) is 23.9. The molecular weight excluding hydrogens is 282 g/mol. The third-order valence-corrected chi connectivity index (χ3v) is 2.93. The summed E-state index contributed by atoms with van der Waals surface area (Å²) in [7, 11) is 0. The van der Waals surface area contributed by atoms with E-state index in [0.717, 1.165) is 0 Å². The van der Waals surface area contributed by atoms with Gasteiger partial charge >= 0.3 is 0 Å². The van der Waals surface area contributed by atoms with Crippen molar-refractivity contribution in [3.63, 3.8) is 0 Å². The van der Waals surface area contributed by atoms with E-state index in [1.54, 1.807) is 52.0 Å². The van der Waals surface area contributed by atoms with Gasteiger partial charge in [-0.3, -0.25) is 9.59 Å². The second-order valence-electron chi connectivity index (χ2n) is 6.10. The maximum absolute atomic E-state index is 12.1. The van der Waals surface area contributed by atoms with Gasteiger partial charge in [0.15, 0.2) is 0 Å². The maximum Gasteiger partial charge on any atom is 0.246 e. The predicted molar refractivity (Wildman–Crippen MR) is 86.7 cm³/mol. The normalized spacial score (nSPS) is 12.4. The van der Waals surface area contributed by atoms with Gasteiger partial charge in [0.05, 0.1) is 0 Å². The molecule has 0 spiro atoms. The van der Waals surface area contributed by atoms with Gasteiger partial charge in [0.1, 0.15) is 18.4 Å². The van der Waals surface area contributed by atoms with Crippen molar-refractivity contribution in [1.82, 2.24) is 5.32 Å². The van der Waals surface area contributed by atoms with Gasteiger partial charge in [-0.05, 0) is 31.2 Å². The Kier molecular flexibility index (Phi) is 6.37. The fourth-order valence-electron chi connectivity index (χ4n) is 1.54. The number of hydrogen-bond acceptors (Lipinski definition) is 4. The van der Waals surface area contributed by atoms with Gasteiger partial charge in [-0.15, -0.1) is 0 Å². The van der Waals surface area contributed by atoms with E-state index in [4.69, 9.17) is 10.5 Å². The van der Waals surface area contributed by atoms with E-state index in [1.807, 2.05) is 0 Å². The maximum atomic E-state index is 12.1. The molecule has 0 aliphatic rings. The Labute approximate surface area is 131 Å². The largest absolute Gasteiger partial charge is 0.492 e. The number of ether oxygens (including phenoxy) is 1. The van der Waals surface area contributed by atoms with Crippen LogP contribution in [0.5, 0.6) is 5.75 Å². The van der Waals surface area contributed by atoms with Gasteiger partial charge in [0.2, 0.25) is 11.8 Å². The molecule has 1 atom stereocenters. The lowest BCUT2D eigenvalue weighted by Crippen LogP contribution is -2.46. The van der Waals surface area contributed by atoms with E-state index in [9.17, 15) is 9.59 Å². The van der Waals surface area contributed by atoms with E-state index in [-0.39, 0.29) is 11.8 Å². The molecule has 0 saturated heterocycles. The number of nitrogens with one attached hydrogen (secondary N) is 2. The minimum absolute atomic E-state index is 0.166. The molecule has 2 amide bonds. The smallest absolute Gasteiger partial charge is 0.246 e. The van der Waals surface area contributed by atoms with Crippen molar-refractivity contribution in [3.05, 3.63) is 24.3 Å². The van der Waals surface area contributed by atoms with Gasteiger partial charge in [-0.1, -0.05) is 20.8 Å². The number of amides is 2. The van der Waals surface area contributed by atoms with E-state index in [2.05, 4.69) is 10.6 Å². The highest BCUT2D eigenvalue weighted by molar-refractivity contribution is 5.97. The first kappa shape index (κ1) is 18.0. The third-order valence-electron chi connectivity index (χ3n) is 2.93. The highest BCUT2D eigenvalue weighted by atomic mass is 16.5. The fourth-order valence-corrected chi connectivity index (χ4v) is 1.54. The summed E-state index contributed by atoms with van der Waals surface area (Å²) in [6.45, 7) is 7.94. The number of benzene rings is 1. The fraction of sp³-hybridized carbons (Fsp3) is 0.500. The molecular formula is C16H25N3O3. The van der Waals surface area contributed by atoms with Gasteiger partial charge < -0.3 is 21.1 Å². The molecule has 1 aromatic rings. The molecule has 0 saturated carbocycles. The van der Waals surface area contributed by atoms with Gasteiger partial charge in [-0.25, -0.2) is 0 Å². The molecule has 1 aromatic carbocycles. The molecule has 1 unspecified atom stereocenters. The predicted octanol–water partition coefficient (Wildman–Crippen LogP) is 1.51. The van der Waals surface area contributed by atoms with E-state index >= 15 is 0 Å². The number of hydrogen-bond donors (Lipinski definition) is 3. The number of rotatable bonds is 6. The van der Waals surface area contributed by atoms with Crippen LogP contribution in [-0.4, -0.2) is 31.0 Å². The molecule has 6 nitrogen and oxygen atoms in total. The first-order valence-corrected chi connectivity index (χ1v) is 7.29. The van der Waals surface area contributed by atoms with Crippen molar-refractivity contribution in [1.29, 1.82) is 0 Å². The topological polar surface area (TPSA) is 93.5 Å². The van der Waals surface area contributed by atoms with Crippen LogP contribution in [0.25, 0.3) is 0 Å². The summed E-state index contributed by atoms with van der Waals surface area (Å²) in [5.41, 5.74) is 5.47. The molecule has 0 aliphatic heterocycles. The second kappa shape index (κ2) is 7.79. The number of anilines is 1. The standard InChI is InChI=1S/C16H25N3O3/c1-11(18-15(21)16(2,3)4)14(20)19-12-5-7-13(8-6-12)22-10-9-17/h5-8,11H,9-10,17H2,1-4H3,(H,18,21)(H,19,20). The summed E-state index contributed by atoms with van der Waals surface area (Å²) in [5.74, 6) is 0.256. The Balaban J connectivity index is 2.55. The minimum atomic E-state index is -0.611. The van der Waals surface area contributed by atoms with Gasteiger partial charge in [0.25, 0.3) is 0 Å². The molecule has 22 heavy (non-hydrogen) atoms. The van der Waals surface area contributed by atoms with Crippen LogP contribution in [0.2, 0.25) is 0 Å². The molecule has 1 rings (SSSR count). The average molecular weight is 307 g/mol. The zero-order valence-electron chi connectivity index (χ0n) is 13.6. The molecule has 122 valence electrons. The van der Waals surface area contributed by atoms with Crippen LogP contribution in [-0.2, 0) is 9.59 Å². The molecule has 0 heterocycles. The summed E-state index contributed by atoms with van der Waals surface area (Å²) in [6, 6.07) is 6.37. The SMILES string of the molecule is CC(NC(=O)C(C)(C)C)C(=O)Nc1ccc(OCCN)cc1. The monoisotopic (exact) mass is 307 g/mol. The van der Waals surface area contributed by atoms with Gasteiger partial charge in [0, 0.05) is 17.6 Å². The van der Waals surface area contributed by atoms with E-state index in [1.165, 1.54) is 0 Å². The van der Waals surface area contributed by atoms with E-state index in [0.29, 0.717) is 24.6 Å². The third kappa shape index (κ3) is 5.73. The Bertz CT molecular complexity index is 506. The Morgan fingerprint density at radius 1 is 1.23 bits per heavy atom. The average Bonchev–Trinajstić information content (AvgIpc) is 2.45. The first-order chi connectivity index (χ1) is 10.2. The second-order valence-corrected chi connectivity index (χ2v) is 6.10. The lowest BCUT2D eigenvalue weighted by molar-refractivity contribution is -0.131. The van der Waals surface area contributed by atoms with Crippen LogP contribution in [0.3, 0.4) is 0 Å². The highest BCUT2D eigenvalue weighted by Crippen LogP contribution is 2.16. The first-order valence-electron chi connectivity index (χ1n) is 7.29. The zero-order valence-corrected chi connectivity index (χ0v) is 13.6. The summed E-state index contributed by atoms with van der Waals surface area (Å²) >= 11 is 0. The summed E-state index contributed by atoms with van der Waals surface area (Å²) in [6.07, 6.45) is 0.